The number of nitrogens with zero attached hydrogens (tertiary/aromatic N) is 5. The summed E-state index contributed by atoms with van der Waals surface area (Å²) in [6, 6.07) is 3.81. The Labute approximate surface area is 177 Å². The molecule has 1 atom stereocenters. The number of rotatable bonds is 8. The van der Waals surface area contributed by atoms with Crippen LogP contribution in [0.15, 0.2) is 43.1 Å². The van der Waals surface area contributed by atoms with E-state index in [1.807, 2.05) is 17.0 Å². The van der Waals surface area contributed by atoms with Gasteiger partial charge in [-0.05, 0) is 24.0 Å². The van der Waals surface area contributed by atoms with Crippen molar-refractivity contribution in [2.24, 2.45) is 5.92 Å². The Kier molecular flexibility index (Phi) is 7.84. The fourth-order valence-corrected chi connectivity index (χ4v) is 3.44. The van der Waals surface area contributed by atoms with Gasteiger partial charge in [0.1, 0.15) is 0 Å². The number of ether oxygens (including phenoxy) is 1. The Morgan fingerprint density at radius 1 is 1.20 bits per heavy atom. The second-order valence-electron chi connectivity index (χ2n) is 7.96. The van der Waals surface area contributed by atoms with E-state index in [2.05, 4.69) is 28.8 Å². The van der Waals surface area contributed by atoms with Crippen LogP contribution in [0, 0.1) is 5.92 Å². The lowest BCUT2D eigenvalue weighted by atomic mass is 10.2. The third-order valence-corrected chi connectivity index (χ3v) is 4.89. The predicted molar refractivity (Wildman–Crippen MR) is 111 cm³/mol. The summed E-state index contributed by atoms with van der Waals surface area (Å²) in [4.78, 5) is 41.4. The van der Waals surface area contributed by atoms with Crippen molar-refractivity contribution in [1.29, 1.82) is 0 Å². The van der Waals surface area contributed by atoms with Gasteiger partial charge in [-0.15, -0.1) is 0 Å². The number of amides is 2. The summed E-state index contributed by atoms with van der Waals surface area (Å²) in [5.41, 5.74) is 1.72. The maximum atomic E-state index is 12.9. The maximum Gasteiger partial charge on any atom is 0.242 e. The van der Waals surface area contributed by atoms with Crippen LogP contribution in [0.1, 0.15) is 31.5 Å². The van der Waals surface area contributed by atoms with Gasteiger partial charge in [0.2, 0.25) is 11.8 Å². The molecule has 2 amide bonds. The van der Waals surface area contributed by atoms with Crippen molar-refractivity contribution in [1.82, 2.24) is 24.8 Å². The van der Waals surface area contributed by atoms with Crippen molar-refractivity contribution in [3.05, 3.63) is 54.4 Å². The molecule has 8 heteroatoms. The Bertz CT molecular complexity index is 816. The van der Waals surface area contributed by atoms with E-state index in [1.54, 1.807) is 35.9 Å². The summed E-state index contributed by atoms with van der Waals surface area (Å²) < 4.78 is 6.10. The van der Waals surface area contributed by atoms with Crippen molar-refractivity contribution >= 4 is 11.8 Å². The molecule has 0 radical (unpaired) electrons. The van der Waals surface area contributed by atoms with Crippen LogP contribution in [0.5, 0.6) is 0 Å². The standard InChI is InChI=1S/C22H29N5O3/c1-17(2)12-26-13-20(30-16-18-4-3-7-23-10-18)14-27(15-22(26)29)21(28)6-5-19-11-24-8-9-25-19/h3-4,7-11,17,20H,5-6,12-16H2,1-2H3/t20-/m1/s1. The lowest BCUT2D eigenvalue weighted by molar-refractivity contribution is -0.139. The van der Waals surface area contributed by atoms with Crippen LogP contribution < -0.4 is 0 Å². The molecule has 3 rings (SSSR count). The van der Waals surface area contributed by atoms with Crippen molar-refractivity contribution in [2.75, 3.05) is 26.2 Å². The van der Waals surface area contributed by atoms with Crippen molar-refractivity contribution < 1.29 is 14.3 Å². The molecule has 0 unspecified atom stereocenters. The molecular weight excluding hydrogens is 382 g/mol. The minimum atomic E-state index is -0.254. The highest BCUT2D eigenvalue weighted by molar-refractivity contribution is 5.85. The van der Waals surface area contributed by atoms with Gasteiger partial charge < -0.3 is 14.5 Å². The molecule has 2 aromatic rings. The zero-order valence-corrected chi connectivity index (χ0v) is 17.6. The van der Waals surface area contributed by atoms with E-state index in [4.69, 9.17) is 4.74 Å². The SMILES string of the molecule is CC(C)CN1C[C@@H](OCc2cccnc2)CN(C(=O)CCc2cnccn2)CC1=O. The van der Waals surface area contributed by atoms with Crippen LogP contribution >= 0.6 is 0 Å². The topological polar surface area (TPSA) is 88.5 Å². The molecule has 0 bridgehead atoms. The number of carbonyl (C=O) groups excluding carboxylic acids is 2. The molecule has 1 fully saturated rings. The molecule has 8 nitrogen and oxygen atoms in total. The quantitative estimate of drug-likeness (QED) is 0.657. The van der Waals surface area contributed by atoms with E-state index in [0.717, 1.165) is 11.3 Å². The van der Waals surface area contributed by atoms with E-state index < -0.39 is 0 Å². The highest BCUT2D eigenvalue weighted by Gasteiger charge is 2.31. The molecule has 0 N–H and O–H groups in total. The van der Waals surface area contributed by atoms with E-state index in [1.165, 1.54) is 0 Å². The van der Waals surface area contributed by atoms with Crippen LogP contribution in [0.4, 0.5) is 0 Å². The zero-order chi connectivity index (χ0) is 21.3. The van der Waals surface area contributed by atoms with E-state index in [0.29, 0.717) is 38.6 Å². The van der Waals surface area contributed by atoms with Crippen LogP contribution in [-0.2, 0) is 27.4 Å². The van der Waals surface area contributed by atoms with Crippen molar-refractivity contribution in [3.8, 4) is 0 Å². The molecular formula is C22H29N5O3. The molecule has 2 aromatic heterocycles. The predicted octanol–water partition coefficient (Wildman–Crippen LogP) is 1.72. The van der Waals surface area contributed by atoms with Crippen LogP contribution in [0.2, 0.25) is 0 Å². The normalized spacial score (nSPS) is 17.3. The van der Waals surface area contributed by atoms with Gasteiger partial charge in [0, 0.05) is 57.0 Å². The van der Waals surface area contributed by atoms with Crippen LogP contribution in [-0.4, -0.2) is 68.8 Å². The van der Waals surface area contributed by atoms with E-state index >= 15 is 0 Å². The van der Waals surface area contributed by atoms with Gasteiger partial charge in [-0.3, -0.25) is 24.5 Å². The van der Waals surface area contributed by atoms with Gasteiger partial charge in [0.15, 0.2) is 0 Å². The van der Waals surface area contributed by atoms with E-state index in [-0.39, 0.29) is 30.9 Å². The van der Waals surface area contributed by atoms with Gasteiger partial charge in [-0.2, -0.15) is 0 Å². The Morgan fingerprint density at radius 2 is 2.03 bits per heavy atom. The first-order chi connectivity index (χ1) is 14.5. The van der Waals surface area contributed by atoms with Crippen molar-refractivity contribution in [3.63, 3.8) is 0 Å². The Hall–Kier alpha value is -2.87. The molecule has 1 aliphatic heterocycles. The zero-order valence-electron chi connectivity index (χ0n) is 17.6. The molecule has 160 valence electrons. The smallest absolute Gasteiger partial charge is 0.242 e. The number of hydrogen-bond donors (Lipinski definition) is 0. The second kappa shape index (κ2) is 10.8. The average Bonchev–Trinajstić information content (AvgIpc) is 2.90. The Balaban J connectivity index is 1.65. The summed E-state index contributed by atoms with van der Waals surface area (Å²) >= 11 is 0. The van der Waals surface area contributed by atoms with Gasteiger partial charge in [0.05, 0.1) is 24.9 Å². The molecule has 0 aliphatic carbocycles. The molecule has 0 aromatic carbocycles. The van der Waals surface area contributed by atoms with Crippen LogP contribution in [0.25, 0.3) is 0 Å². The third kappa shape index (κ3) is 6.59. The molecule has 30 heavy (non-hydrogen) atoms. The summed E-state index contributed by atoms with van der Waals surface area (Å²) in [6.07, 6.45) is 8.88. The highest BCUT2D eigenvalue weighted by atomic mass is 16.5. The molecule has 0 spiro atoms. The first-order valence-corrected chi connectivity index (χ1v) is 10.3. The first-order valence-electron chi connectivity index (χ1n) is 10.3. The maximum absolute atomic E-state index is 12.9. The fourth-order valence-electron chi connectivity index (χ4n) is 3.44. The summed E-state index contributed by atoms with van der Waals surface area (Å²) in [7, 11) is 0. The summed E-state index contributed by atoms with van der Waals surface area (Å²) in [5, 5.41) is 0. The number of hydrogen-bond acceptors (Lipinski definition) is 6. The second-order valence-corrected chi connectivity index (χ2v) is 7.96. The number of pyridine rings is 1. The van der Waals surface area contributed by atoms with Gasteiger partial charge in [0.25, 0.3) is 0 Å². The summed E-state index contributed by atoms with van der Waals surface area (Å²) in [6.45, 7) is 6.14. The first kappa shape index (κ1) is 21.8. The minimum absolute atomic E-state index is 0.0379. The highest BCUT2D eigenvalue weighted by Crippen LogP contribution is 2.14. The minimum Gasteiger partial charge on any atom is -0.370 e. The number of aromatic nitrogens is 3. The van der Waals surface area contributed by atoms with Crippen LogP contribution in [0.3, 0.4) is 0 Å². The molecule has 1 saturated heterocycles. The van der Waals surface area contributed by atoms with E-state index in [9.17, 15) is 9.59 Å². The lowest BCUT2D eigenvalue weighted by Gasteiger charge is -2.26. The largest absolute Gasteiger partial charge is 0.370 e. The van der Waals surface area contributed by atoms with Gasteiger partial charge in [-0.25, -0.2) is 0 Å². The Morgan fingerprint density at radius 3 is 2.73 bits per heavy atom. The fraction of sp³-hybridized carbons (Fsp3) is 0.500. The number of aryl methyl sites for hydroxylation is 1. The average molecular weight is 412 g/mol. The third-order valence-electron chi connectivity index (χ3n) is 4.89. The molecule has 1 aliphatic rings. The van der Waals surface area contributed by atoms with Crippen molar-refractivity contribution in [2.45, 2.75) is 39.4 Å². The van der Waals surface area contributed by atoms with Gasteiger partial charge >= 0.3 is 0 Å². The summed E-state index contributed by atoms with van der Waals surface area (Å²) in [5.74, 6) is 0.228. The van der Waals surface area contributed by atoms with Gasteiger partial charge in [-0.1, -0.05) is 19.9 Å². The monoisotopic (exact) mass is 411 g/mol. The number of carbonyl (C=O) groups is 2. The molecule has 0 saturated carbocycles. The molecule has 3 heterocycles. The lowest BCUT2D eigenvalue weighted by Crippen LogP contribution is -2.40.